The summed E-state index contributed by atoms with van der Waals surface area (Å²) >= 11 is 0. The van der Waals surface area contributed by atoms with Crippen LogP contribution in [0.5, 0.6) is 5.75 Å². The average Bonchev–Trinajstić information content (AvgIpc) is 2.79. The zero-order valence-corrected chi connectivity index (χ0v) is 10.6. The number of para-hydroxylation sites is 1. The summed E-state index contributed by atoms with van der Waals surface area (Å²) in [6, 6.07) is 5.81. The predicted molar refractivity (Wildman–Crippen MR) is 68.1 cm³/mol. The molecule has 2 amide bonds. The molecule has 2 rings (SSSR count). The number of carboxylic acids is 1. The van der Waals surface area contributed by atoms with Crippen molar-refractivity contribution >= 4 is 12.0 Å². The van der Waals surface area contributed by atoms with Gasteiger partial charge in [0.05, 0.1) is 6.04 Å². The van der Waals surface area contributed by atoms with Crippen molar-refractivity contribution in [3.8, 4) is 5.75 Å². The van der Waals surface area contributed by atoms with E-state index >= 15 is 0 Å². The molecule has 0 saturated carbocycles. The first-order valence-electron chi connectivity index (χ1n) is 6.13. The van der Waals surface area contributed by atoms with E-state index in [1.54, 1.807) is 6.92 Å². The fourth-order valence-corrected chi connectivity index (χ4v) is 1.98. The van der Waals surface area contributed by atoms with Crippen LogP contribution in [0.1, 0.15) is 24.9 Å². The van der Waals surface area contributed by atoms with E-state index in [9.17, 15) is 9.59 Å². The minimum atomic E-state index is -1.04. The number of amides is 2. The van der Waals surface area contributed by atoms with Gasteiger partial charge in [-0.2, -0.15) is 0 Å². The highest BCUT2D eigenvalue weighted by Crippen LogP contribution is 2.31. The van der Waals surface area contributed by atoms with E-state index in [4.69, 9.17) is 9.84 Å². The van der Waals surface area contributed by atoms with Crippen LogP contribution in [-0.4, -0.2) is 29.8 Å². The lowest BCUT2D eigenvalue weighted by Gasteiger charge is -2.16. The normalized spacial score (nSPS) is 18.1. The van der Waals surface area contributed by atoms with Crippen LogP contribution in [0.25, 0.3) is 0 Å². The van der Waals surface area contributed by atoms with Crippen LogP contribution in [0, 0.1) is 0 Å². The molecule has 1 aromatic carbocycles. The SMILES string of the molecule is CC[C@H](NC(=O)NC1COc2ccccc21)C(=O)O. The van der Waals surface area contributed by atoms with Crippen molar-refractivity contribution in [1.29, 1.82) is 0 Å². The molecule has 1 unspecified atom stereocenters. The van der Waals surface area contributed by atoms with E-state index in [0.29, 0.717) is 13.0 Å². The van der Waals surface area contributed by atoms with Gasteiger partial charge in [-0.15, -0.1) is 0 Å². The van der Waals surface area contributed by atoms with E-state index in [1.807, 2.05) is 24.3 Å². The summed E-state index contributed by atoms with van der Waals surface area (Å²) in [5.41, 5.74) is 0.904. The van der Waals surface area contributed by atoms with Crippen LogP contribution in [0.2, 0.25) is 0 Å². The number of rotatable bonds is 4. The zero-order valence-electron chi connectivity index (χ0n) is 10.6. The van der Waals surface area contributed by atoms with Crippen LogP contribution in [0.4, 0.5) is 4.79 Å². The van der Waals surface area contributed by atoms with Crippen molar-refractivity contribution in [3.63, 3.8) is 0 Å². The molecule has 1 aliphatic heterocycles. The van der Waals surface area contributed by atoms with Crippen molar-refractivity contribution in [2.45, 2.75) is 25.4 Å². The van der Waals surface area contributed by atoms with E-state index in [-0.39, 0.29) is 6.04 Å². The summed E-state index contributed by atoms with van der Waals surface area (Å²) < 4.78 is 5.43. The summed E-state index contributed by atoms with van der Waals surface area (Å²) in [7, 11) is 0. The number of carboxylic acid groups (broad SMARTS) is 1. The molecule has 0 spiro atoms. The molecule has 0 radical (unpaired) electrons. The van der Waals surface area contributed by atoms with E-state index in [0.717, 1.165) is 11.3 Å². The third-order valence-corrected chi connectivity index (χ3v) is 3.02. The highest BCUT2D eigenvalue weighted by atomic mass is 16.5. The van der Waals surface area contributed by atoms with Crippen LogP contribution >= 0.6 is 0 Å². The van der Waals surface area contributed by atoms with Crippen molar-refractivity contribution in [2.24, 2.45) is 0 Å². The summed E-state index contributed by atoms with van der Waals surface area (Å²) in [4.78, 5) is 22.6. The molecular weight excluding hydrogens is 248 g/mol. The Bertz CT molecular complexity index is 489. The number of nitrogens with one attached hydrogen (secondary N) is 2. The van der Waals surface area contributed by atoms with Crippen molar-refractivity contribution in [3.05, 3.63) is 29.8 Å². The summed E-state index contributed by atoms with van der Waals surface area (Å²) in [5, 5.41) is 14.0. The minimum absolute atomic E-state index is 0.248. The van der Waals surface area contributed by atoms with Gasteiger partial charge in [-0.25, -0.2) is 9.59 Å². The van der Waals surface area contributed by atoms with Crippen LogP contribution in [-0.2, 0) is 4.79 Å². The number of carbonyl (C=O) groups excluding carboxylic acids is 1. The lowest BCUT2D eigenvalue weighted by Crippen LogP contribution is -2.46. The van der Waals surface area contributed by atoms with Crippen LogP contribution in [0.15, 0.2) is 24.3 Å². The van der Waals surface area contributed by atoms with Gasteiger partial charge in [-0.05, 0) is 12.5 Å². The quantitative estimate of drug-likeness (QED) is 0.764. The lowest BCUT2D eigenvalue weighted by molar-refractivity contribution is -0.139. The maximum atomic E-state index is 11.7. The largest absolute Gasteiger partial charge is 0.491 e. The van der Waals surface area contributed by atoms with Crippen molar-refractivity contribution < 1.29 is 19.4 Å². The van der Waals surface area contributed by atoms with Gasteiger partial charge in [-0.3, -0.25) is 0 Å². The smallest absolute Gasteiger partial charge is 0.326 e. The second-order valence-corrected chi connectivity index (χ2v) is 4.32. The third kappa shape index (κ3) is 2.96. The topological polar surface area (TPSA) is 87.7 Å². The van der Waals surface area contributed by atoms with Gasteiger partial charge in [0, 0.05) is 5.56 Å². The molecule has 0 saturated heterocycles. The number of aliphatic carboxylic acids is 1. The molecule has 19 heavy (non-hydrogen) atoms. The second kappa shape index (κ2) is 5.60. The molecule has 0 aliphatic carbocycles. The van der Waals surface area contributed by atoms with Crippen molar-refractivity contribution in [2.75, 3.05) is 6.61 Å². The minimum Gasteiger partial charge on any atom is -0.491 e. The molecule has 1 aromatic rings. The van der Waals surface area contributed by atoms with Gasteiger partial charge in [-0.1, -0.05) is 25.1 Å². The van der Waals surface area contributed by atoms with E-state index < -0.39 is 18.0 Å². The molecule has 0 fully saturated rings. The predicted octanol–water partition coefficient (Wildman–Crippen LogP) is 1.28. The van der Waals surface area contributed by atoms with Gasteiger partial charge in [0.2, 0.25) is 0 Å². The number of hydrogen-bond acceptors (Lipinski definition) is 3. The number of ether oxygens (including phenoxy) is 1. The Hall–Kier alpha value is -2.24. The van der Waals surface area contributed by atoms with E-state index in [1.165, 1.54) is 0 Å². The molecule has 1 heterocycles. The van der Waals surface area contributed by atoms with Gasteiger partial charge < -0.3 is 20.5 Å². The maximum Gasteiger partial charge on any atom is 0.326 e. The fourth-order valence-electron chi connectivity index (χ4n) is 1.98. The number of fused-ring (bicyclic) bond motifs is 1. The Kier molecular flexibility index (Phi) is 3.89. The molecular formula is C13H16N2O4. The average molecular weight is 264 g/mol. The molecule has 0 bridgehead atoms. The molecule has 0 aromatic heterocycles. The first-order valence-corrected chi connectivity index (χ1v) is 6.13. The Morgan fingerprint density at radius 1 is 1.47 bits per heavy atom. The molecule has 6 nitrogen and oxygen atoms in total. The Labute approximate surface area is 110 Å². The van der Waals surface area contributed by atoms with Gasteiger partial charge in [0.1, 0.15) is 18.4 Å². The van der Waals surface area contributed by atoms with Crippen LogP contribution in [0.3, 0.4) is 0 Å². The molecule has 102 valence electrons. The molecule has 2 atom stereocenters. The highest BCUT2D eigenvalue weighted by molar-refractivity contribution is 5.82. The summed E-state index contributed by atoms with van der Waals surface area (Å²) in [5.74, 6) is -0.293. The maximum absolute atomic E-state index is 11.7. The Balaban J connectivity index is 1.96. The molecule has 3 N–H and O–H groups in total. The summed E-state index contributed by atoms with van der Waals surface area (Å²) in [6.45, 7) is 2.06. The number of carbonyl (C=O) groups is 2. The molecule has 1 aliphatic rings. The Morgan fingerprint density at radius 3 is 2.89 bits per heavy atom. The number of benzene rings is 1. The second-order valence-electron chi connectivity index (χ2n) is 4.32. The van der Waals surface area contributed by atoms with Gasteiger partial charge in [0.15, 0.2) is 0 Å². The number of urea groups is 1. The van der Waals surface area contributed by atoms with E-state index in [2.05, 4.69) is 10.6 Å². The van der Waals surface area contributed by atoms with Crippen molar-refractivity contribution in [1.82, 2.24) is 10.6 Å². The zero-order chi connectivity index (χ0) is 13.8. The van der Waals surface area contributed by atoms with Crippen LogP contribution < -0.4 is 15.4 Å². The van der Waals surface area contributed by atoms with Gasteiger partial charge in [0.25, 0.3) is 0 Å². The molecule has 6 heteroatoms. The number of hydrogen-bond donors (Lipinski definition) is 3. The lowest BCUT2D eigenvalue weighted by atomic mass is 10.1. The third-order valence-electron chi connectivity index (χ3n) is 3.02. The van der Waals surface area contributed by atoms with Gasteiger partial charge >= 0.3 is 12.0 Å². The Morgan fingerprint density at radius 2 is 2.21 bits per heavy atom. The fraction of sp³-hybridized carbons (Fsp3) is 0.385. The standard InChI is InChI=1S/C13H16N2O4/c1-2-9(12(16)17)14-13(18)15-10-7-19-11-6-4-3-5-8(10)11/h3-6,9-10H,2,7H2,1H3,(H,16,17)(H2,14,15,18)/t9-,10?/m0/s1. The monoisotopic (exact) mass is 264 g/mol. The highest BCUT2D eigenvalue weighted by Gasteiger charge is 2.26. The first-order chi connectivity index (χ1) is 9.11. The summed E-state index contributed by atoms with van der Waals surface area (Å²) in [6.07, 6.45) is 0.334. The first kappa shape index (κ1) is 13.2.